The van der Waals surface area contributed by atoms with Gasteiger partial charge in [0.25, 0.3) is 11.2 Å². The van der Waals surface area contributed by atoms with Crippen LogP contribution >= 0.6 is 31.9 Å². The summed E-state index contributed by atoms with van der Waals surface area (Å²) in [5, 5.41) is 19.5. The van der Waals surface area contributed by atoms with Crippen molar-refractivity contribution in [3.63, 3.8) is 0 Å². The summed E-state index contributed by atoms with van der Waals surface area (Å²) in [5.41, 5.74) is 1.78. The van der Waals surface area contributed by atoms with Crippen LogP contribution in [0.1, 0.15) is 6.92 Å². The lowest BCUT2D eigenvalue weighted by Crippen LogP contribution is -2.36. The highest BCUT2D eigenvalue weighted by molar-refractivity contribution is 9.11. The van der Waals surface area contributed by atoms with Gasteiger partial charge in [-0.25, -0.2) is 0 Å². The molecule has 172 valence electrons. The maximum absolute atomic E-state index is 13.3. The topological polar surface area (TPSA) is 103 Å². The average molecular weight is 579 g/mol. The highest BCUT2D eigenvalue weighted by Gasteiger charge is 2.23. The molecule has 1 saturated heterocycles. The number of rotatable bonds is 6. The van der Waals surface area contributed by atoms with Crippen LogP contribution in [0.3, 0.4) is 0 Å². The van der Waals surface area contributed by atoms with E-state index in [0.29, 0.717) is 44.2 Å². The molecule has 2 aromatic carbocycles. The molecular formula is C22H21Br2N5O4. The molecule has 1 aliphatic rings. The molecular weight excluding hydrogens is 558 g/mol. The van der Waals surface area contributed by atoms with Crippen molar-refractivity contribution in [3.8, 4) is 16.9 Å². The normalized spacial score (nSPS) is 13.7. The van der Waals surface area contributed by atoms with Crippen molar-refractivity contribution in [2.24, 2.45) is 0 Å². The van der Waals surface area contributed by atoms with Gasteiger partial charge in [0, 0.05) is 45.9 Å². The smallest absolute Gasteiger partial charge is 0.295 e. The van der Waals surface area contributed by atoms with E-state index in [-0.39, 0.29) is 11.4 Å². The quantitative estimate of drug-likeness (QED) is 0.337. The summed E-state index contributed by atoms with van der Waals surface area (Å²) in [7, 11) is 0. The van der Waals surface area contributed by atoms with Crippen molar-refractivity contribution in [3.05, 3.63) is 71.9 Å². The molecule has 0 unspecified atom stereocenters. The maximum atomic E-state index is 13.3. The molecule has 0 saturated carbocycles. The minimum atomic E-state index is -0.498. The van der Waals surface area contributed by atoms with E-state index >= 15 is 0 Å². The highest BCUT2D eigenvalue weighted by Crippen LogP contribution is 2.30. The fourth-order valence-corrected chi connectivity index (χ4v) is 4.97. The fourth-order valence-electron chi connectivity index (χ4n) is 3.67. The lowest BCUT2D eigenvalue weighted by atomic mass is 10.1. The van der Waals surface area contributed by atoms with Crippen molar-refractivity contribution in [1.29, 1.82) is 0 Å². The van der Waals surface area contributed by atoms with Gasteiger partial charge in [0.2, 0.25) is 0 Å². The summed E-state index contributed by atoms with van der Waals surface area (Å²) in [5.74, 6) is 0. The second kappa shape index (κ2) is 10.0. The zero-order valence-corrected chi connectivity index (χ0v) is 20.9. The summed E-state index contributed by atoms with van der Waals surface area (Å²) in [6, 6.07) is 12.1. The minimum absolute atomic E-state index is 0.115. The van der Waals surface area contributed by atoms with Gasteiger partial charge in [-0.2, -0.15) is 9.78 Å². The van der Waals surface area contributed by atoms with E-state index in [2.05, 4.69) is 47.2 Å². The Balaban J connectivity index is 1.94. The first-order valence-electron chi connectivity index (χ1n) is 10.3. The minimum Gasteiger partial charge on any atom is -0.381 e. The van der Waals surface area contributed by atoms with Gasteiger partial charge in [0.1, 0.15) is 11.4 Å². The summed E-state index contributed by atoms with van der Waals surface area (Å²) >= 11 is 6.95. The van der Waals surface area contributed by atoms with Gasteiger partial charge in [-0.3, -0.25) is 14.9 Å². The van der Waals surface area contributed by atoms with Gasteiger partial charge in [0.05, 0.1) is 23.8 Å². The number of nitro benzene ring substituents is 1. The van der Waals surface area contributed by atoms with Crippen molar-refractivity contribution in [1.82, 2.24) is 9.78 Å². The number of nitrogens with zero attached hydrogens (tertiary/aromatic N) is 4. The number of morpholine rings is 1. The van der Waals surface area contributed by atoms with E-state index in [1.165, 1.54) is 6.07 Å². The van der Waals surface area contributed by atoms with E-state index in [9.17, 15) is 14.9 Å². The van der Waals surface area contributed by atoms with Crippen molar-refractivity contribution < 1.29 is 9.66 Å². The molecule has 33 heavy (non-hydrogen) atoms. The van der Waals surface area contributed by atoms with Crippen molar-refractivity contribution >= 4 is 48.9 Å². The Labute approximate surface area is 206 Å². The van der Waals surface area contributed by atoms with Crippen LogP contribution < -0.4 is 15.8 Å². The average Bonchev–Trinajstić information content (AvgIpc) is 2.80. The number of nitro groups is 1. The number of hydrogen-bond acceptors (Lipinski definition) is 7. The van der Waals surface area contributed by atoms with Gasteiger partial charge in [-0.1, -0.05) is 31.9 Å². The van der Waals surface area contributed by atoms with Crippen LogP contribution in [0.25, 0.3) is 16.9 Å². The summed E-state index contributed by atoms with van der Waals surface area (Å²) in [4.78, 5) is 26.7. The van der Waals surface area contributed by atoms with Crippen LogP contribution in [0, 0.1) is 10.1 Å². The maximum Gasteiger partial charge on any atom is 0.295 e. The first-order chi connectivity index (χ1) is 15.9. The standard InChI is InChI=1S/C22H21Br2N5O4/c1-2-25-19-13-18(14-9-15(23)11-16(24)10-14)26-28(22(19)30)21-12-17(3-4-20(21)29(31)32)27-5-7-33-8-6-27/h3-4,9-13,25H,2,5-8H2,1H3. The van der Waals surface area contributed by atoms with Gasteiger partial charge in [-0.05, 0) is 43.3 Å². The molecule has 0 aliphatic carbocycles. The van der Waals surface area contributed by atoms with Crippen LogP contribution in [0.4, 0.5) is 17.1 Å². The zero-order chi connectivity index (χ0) is 23.5. The first kappa shape index (κ1) is 23.4. The highest BCUT2D eigenvalue weighted by atomic mass is 79.9. The lowest BCUT2D eigenvalue weighted by molar-refractivity contribution is -0.384. The third-order valence-electron chi connectivity index (χ3n) is 5.20. The third-order valence-corrected chi connectivity index (χ3v) is 6.11. The fraction of sp³-hybridized carbons (Fsp3) is 0.273. The number of aromatic nitrogens is 2. The van der Waals surface area contributed by atoms with Gasteiger partial charge < -0.3 is 15.0 Å². The zero-order valence-electron chi connectivity index (χ0n) is 17.8. The SMILES string of the molecule is CCNc1cc(-c2cc(Br)cc(Br)c2)nn(-c2cc(N3CCOCC3)ccc2[N+](=O)[O-])c1=O. The van der Waals surface area contributed by atoms with Crippen molar-refractivity contribution in [2.45, 2.75) is 6.92 Å². The van der Waals surface area contributed by atoms with Crippen LogP contribution in [-0.2, 0) is 4.74 Å². The molecule has 0 radical (unpaired) electrons. The summed E-state index contributed by atoms with van der Waals surface area (Å²) < 4.78 is 8.19. The van der Waals surface area contributed by atoms with Crippen LogP contribution in [0.5, 0.6) is 0 Å². The molecule has 1 fully saturated rings. The number of nitrogens with one attached hydrogen (secondary N) is 1. The summed E-state index contributed by atoms with van der Waals surface area (Å²) in [6.07, 6.45) is 0. The van der Waals surface area contributed by atoms with Crippen molar-refractivity contribution in [2.75, 3.05) is 43.1 Å². The third kappa shape index (κ3) is 5.10. The Bertz CT molecular complexity index is 1240. The Kier molecular flexibility index (Phi) is 7.11. The molecule has 9 nitrogen and oxygen atoms in total. The van der Waals surface area contributed by atoms with E-state index in [0.717, 1.165) is 24.9 Å². The number of ether oxygens (including phenoxy) is 1. The Morgan fingerprint density at radius 3 is 2.45 bits per heavy atom. The molecule has 0 amide bonds. The lowest BCUT2D eigenvalue weighted by Gasteiger charge is -2.29. The second-order valence-electron chi connectivity index (χ2n) is 7.38. The Hall–Kier alpha value is -2.76. The molecule has 11 heteroatoms. The molecule has 1 aliphatic heterocycles. The summed E-state index contributed by atoms with van der Waals surface area (Å²) in [6.45, 7) is 4.85. The number of anilines is 2. The van der Waals surface area contributed by atoms with E-state index in [4.69, 9.17) is 4.74 Å². The van der Waals surface area contributed by atoms with Crippen LogP contribution in [0.2, 0.25) is 0 Å². The van der Waals surface area contributed by atoms with E-state index < -0.39 is 10.5 Å². The Morgan fingerprint density at radius 1 is 1.12 bits per heavy atom. The molecule has 4 rings (SSSR count). The van der Waals surface area contributed by atoms with Gasteiger partial charge in [-0.15, -0.1) is 0 Å². The first-order valence-corrected chi connectivity index (χ1v) is 11.9. The van der Waals surface area contributed by atoms with Gasteiger partial charge in [0.15, 0.2) is 0 Å². The Morgan fingerprint density at radius 2 is 1.82 bits per heavy atom. The van der Waals surface area contributed by atoms with Gasteiger partial charge >= 0.3 is 0 Å². The molecule has 0 atom stereocenters. The predicted octanol–water partition coefficient (Wildman–Crippen LogP) is 4.60. The largest absolute Gasteiger partial charge is 0.381 e. The van der Waals surface area contributed by atoms with Crippen LogP contribution in [0.15, 0.2) is 56.2 Å². The number of hydrogen-bond donors (Lipinski definition) is 1. The van der Waals surface area contributed by atoms with E-state index in [1.807, 2.05) is 25.1 Å². The molecule has 1 aromatic heterocycles. The molecule has 0 bridgehead atoms. The number of benzene rings is 2. The van der Waals surface area contributed by atoms with E-state index in [1.54, 1.807) is 18.2 Å². The monoisotopic (exact) mass is 577 g/mol. The molecule has 1 N–H and O–H groups in total. The molecule has 0 spiro atoms. The molecule has 2 heterocycles. The van der Waals surface area contributed by atoms with Crippen LogP contribution in [-0.4, -0.2) is 47.6 Å². The number of halogens is 2. The molecule has 3 aromatic rings. The predicted molar refractivity (Wildman–Crippen MR) is 135 cm³/mol. The second-order valence-corrected chi connectivity index (χ2v) is 9.21.